The fourth-order valence-electron chi connectivity index (χ4n) is 2.21. The predicted molar refractivity (Wildman–Crippen MR) is 81.2 cm³/mol. The molecule has 0 spiro atoms. The Bertz CT molecular complexity index is 617. The van der Waals surface area contributed by atoms with Gasteiger partial charge in [-0.15, -0.1) is 0 Å². The highest BCUT2D eigenvalue weighted by Gasteiger charge is 2.36. The van der Waals surface area contributed by atoms with E-state index in [1.807, 2.05) is 13.8 Å². The molecule has 0 radical (unpaired) electrons. The van der Waals surface area contributed by atoms with Crippen LogP contribution in [-0.2, 0) is 14.3 Å². The summed E-state index contributed by atoms with van der Waals surface area (Å²) in [5.41, 5.74) is 10.6. The minimum Gasteiger partial charge on any atom is -0.462 e. The van der Waals surface area contributed by atoms with E-state index in [0.29, 0.717) is 0 Å². The molecule has 1 aliphatic heterocycles. The Labute approximate surface area is 133 Å². The summed E-state index contributed by atoms with van der Waals surface area (Å²) in [5, 5.41) is 10.0. The second kappa shape index (κ2) is 7.07. The fourth-order valence-corrected chi connectivity index (χ4v) is 2.21. The summed E-state index contributed by atoms with van der Waals surface area (Å²) in [6.45, 7) is 3.49. The van der Waals surface area contributed by atoms with Crippen LogP contribution in [0.5, 0.6) is 0 Å². The Hall–Kier alpha value is -1.97. The number of aliphatic hydroxyl groups is 1. The van der Waals surface area contributed by atoms with Crippen molar-refractivity contribution in [3.8, 4) is 0 Å². The van der Waals surface area contributed by atoms with Gasteiger partial charge in [0.25, 0.3) is 0 Å². The minimum atomic E-state index is -0.868. The summed E-state index contributed by atoms with van der Waals surface area (Å²) >= 11 is 0. The van der Waals surface area contributed by atoms with E-state index in [0.717, 1.165) is 0 Å². The number of carbonyl (C=O) groups excluding carboxylic acids is 1. The molecule has 9 nitrogen and oxygen atoms in total. The van der Waals surface area contributed by atoms with Crippen molar-refractivity contribution in [2.45, 2.75) is 44.7 Å². The van der Waals surface area contributed by atoms with Crippen LogP contribution in [0.4, 0.5) is 5.82 Å². The van der Waals surface area contributed by atoms with Gasteiger partial charge in [-0.25, -0.2) is 4.79 Å². The average molecular weight is 326 g/mol. The van der Waals surface area contributed by atoms with Crippen LogP contribution in [0.2, 0.25) is 0 Å². The first-order valence-corrected chi connectivity index (χ1v) is 7.40. The molecule has 0 aromatic carbocycles. The molecule has 1 saturated heterocycles. The number of carbonyl (C=O) groups is 1. The van der Waals surface area contributed by atoms with Gasteiger partial charge in [0.2, 0.25) is 0 Å². The van der Waals surface area contributed by atoms with Crippen molar-refractivity contribution in [2.75, 3.05) is 12.3 Å². The number of nitrogens with zero attached hydrogens (tertiary/aromatic N) is 2. The van der Waals surface area contributed by atoms with Crippen LogP contribution in [0.25, 0.3) is 0 Å². The van der Waals surface area contributed by atoms with Crippen LogP contribution in [0.3, 0.4) is 0 Å². The summed E-state index contributed by atoms with van der Waals surface area (Å²) in [6, 6.07) is 0.736. The van der Waals surface area contributed by atoms with Crippen molar-refractivity contribution in [3.05, 3.63) is 22.7 Å². The van der Waals surface area contributed by atoms with Gasteiger partial charge in [-0.05, 0) is 12.0 Å². The molecule has 1 aromatic heterocycles. The molecule has 0 aliphatic carbocycles. The van der Waals surface area contributed by atoms with Gasteiger partial charge in [0.15, 0.2) is 0 Å². The van der Waals surface area contributed by atoms with E-state index in [-0.39, 0.29) is 24.8 Å². The van der Waals surface area contributed by atoms with Crippen molar-refractivity contribution in [2.24, 2.45) is 11.7 Å². The summed E-state index contributed by atoms with van der Waals surface area (Å²) in [6.07, 6.45) is -0.650. The molecule has 9 heteroatoms. The van der Waals surface area contributed by atoms with Crippen molar-refractivity contribution >= 4 is 11.8 Å². The number of rotatable bonds is 5. The maximum atomic E-state index is 11.8. The van der Waals surface area contributed by atoms with Crippen molar-refractivity contribution < 1.29 is 19.4 Å². The number of hydrogen-bond acceptors (Lipinski definition) is 8. The molecule has 4 atom stereocenters. The van der Waals surface area contributed by atoms with E-state index in [4.69, 9.17) is 20.9 Å². The van der Waals surface area contributed by atoms with Crippen LogP contribution < -0.4 is 17.2 Å². The number of anilines is 1. The highest BCUT2D eigenvalue weighted by molar-refractivity contribution is 5.75. The molecular formula is C14H22N4O5. The highest BCUT2D eigenvalue weighted by atomic mass is 16.6. The van der Waals surface area contributed by atoms with Gasteiger partial charge in [-0.2, -0.15) is 4.98 Å². The number of aromatic nitrogens is 2. The van der Waals surface area contributed by atoms with Crippen molar-refractivity contribution in [1.29, 1.82) is 0 Å². The lowest BCUT2D eigenvalue weighted by Crippen LogP contribution is -2.39. The Balaban J connectivity index is 1.96. The zero-order chi connectivity index (χ0) is 17.1. The lowest BCUT2D eigenvalue weighted by atomic mass is 10.1. The molecule has 0 bridgehead atoms. The van der Waals surface area contributed by atoms with Crippen LogP contribution in [0.15, 0.2) is 17.1 Å². The van der Waals surface area contributed by atoms with Crippen molar-refractivity contribution in [1.82, 2.24) is 9.55 Å². The van der Waals surface area contributed by atoms with Crippen LogP contribution in [-0.4, -0.2) is 45.5 Å². The zero-order valence-electron chi connectivity index (χ0n) is 13.1. The number of nitrogens with two attached hydrogens (primary N) is 2. The van der Waals surface area contributed by atoms with E-state index in [2.05, 4.69) is 4.98 Å². The minimum absolute atomic E-state index is 0.0518. The van der Waals surface area contributed by atoms with Gasteiger partial charge in [-0.1, -0.05) is 13.8 Å². The molecule has 5 N–H and O–H groups in total. The SMILES string of the molecule is CC(C)C(N)C(=O)OC[C@@H]1O[C@H](n2ccc(N)nc2=O)C[C@H]1O. The number of nitrogen functional groups attached to an aromatic ring is 1. The standard InChI is InChI=1S/C14H22N4O5/c1-7(2)12(16)13(20)22-6-9-8(19)5-11(23-9)18-4-3-10(15)17-14(18)21/h3-4,7-9,11-12,19H,5-6,16H2,1-2H3,(H2,15,17,21)/t8-,9+,11+,12?/m1/s1. The second-order valence-electron chi connectivity index (χ2n) is 5.87. The van der Waals surface area contributed by atoms with Gasteiger partial charge in [-0.3, -0.25) is 9.36 Å². The first-order chi connectivity index (χ1) is 10.8. The third-order valence-corrected chi connectivity index (χ3v) is 3.75. The third kappa shape index (κ3) is 4.06. The monoisotopic (exact) mass is 326 g/mol. The number of hydrogen-bond donors (Lipinski definition) is 3. The summed E-state index contributed by atoms with van der Waals surface area (Å²) in [7, 11) is 0. The topological polar surface area (TPSA) is 143 Å². The van der Waals surface area contributed by atoms with E-state index in [1.165, 1.54) is 16.8 Å². The molecule has 1 aliphatic rings. The Morgan fingerprint density at radius 2 is 2.30 bits per heavy atom. The molecule has 23 heavy (non-hydrogen) atoms. The smallest absolute Gasteiger partial charge is 0.351 e. The summed E-state index contributed by atoms with van der Waals surface area (Å²) in [4.78, 5) is 27.1. The normalized spacial score (nSPS) is 25.5. The molecule has 1 aromatic rings. The Morgan fingerprint density at radius 3 is 2.91 bits per heavy atom. The second-order valence-corrected chi connectivity index (χ2v) is 5.87. The lowest BCUT2D eigenvalue weighted by molar-refractivity contribution is -0.152. The van der Waals surface area contributed by atoms with E-state index >= 15 is 0 Å². The van der Waals surface area contributed by atoms with E-state index in [1.54, 1.807) is 0 Å². The predicted octanol–water partition coefficient (Wildman–Crippen LogP) is -1.000. The zero-order valence-corrected chi connectivity index (χ0v) is 13.1. The van der Waals surface area contributed by atoms with Crippen molar-refractivity contribution in [3.63, 3.8) is 0 Å². The fraction of sp³-hybridized carbons (Fsp3) is 0.643. The lowest BCUT2D eigenvalue weighted by Gasteiger charge is -2.18. The summed E-state index contributed by atoms with van der Waals surface area (Å²) in [5.74, 6) is -0.493. The van der Waals surface area contributed by atoms with Crippen LogP contribution in [0.1, 0.15) is 26.5 Å². The largest absolute Gasteiger partial charge is 0.462 e. The average Bonchev–Trinajstić information content (AvgIpc) is 2.84. The van der Waals surface area contributed by atoms with E-state index in [9.17, 15) is 14.7 Å². The van der Waals surface area contributed by atoms with Gasteiger partial charge in [0.05, 0.1) is 6.10 Å². The third-order valence-electron chi connectivity index (χ3n) is 3.75. The first-order valence-electron chi connectivity index (χ1n) is 7.40. The molecule has 0 amide bonds. The highest BCUT2D eigenvalue weighted by Crippen LogP contribution is 2.27. The van der Waals surface area contributed by atoms with Gasteiger partial charge in [0.1, 0.15) is 30.8 Å². The molecule has 128 valence electrons. The molecule has 2 rings (SSSR count). The maximum absolute atomic E-state index is 11.8. The Kier molecular flexibility index (Phi) is 5.34. The quantitative estimate of drug-likeness (QED) is 0.585. The van der Waals surface area contributed by atoms with Gasteiger partial charge in [0, 0.05) is 12.6 Å². The maximum Gasteiger partial charge on any atom is 0.351 e. The molecule has 1 fully saturated rings. The summed E-state index contributed by atoms with van der Waals surface area (Å²) < 4.78 is 11.9. The Morgan fingerprint density at radius 1 is 1.61 bits per heavy atom. The first kappa shape index (κ1) is 17.4. The van der Waals surface area contributed by atoms with Gasteiger partial charge < -0.3 is 26.0 Å². The van der Waals surface area contributed by atoms with Crippen LogP contribution >= 0.6 is 0 Å². The molecule has 2 heterocycles. The number of ether oxygens (including phenoxy) is 2. The van der Waals surface area contributed by atoms with E-state index < -0.39 is 36.1 Å². The number of aliphatic hydroxyl groups excluding tert-OH is 1. The molecule has 1 unspecified atom stereocenters. The molecular weight excluding hydrogens is 304 g/mol. The molecule has 0 saturated carbocycles. The van der Waals surface area contributed by atoms with Crippen LogP contribution in [0, 0.1) is 5.92 Å². The van der Waals surface area contributed by atoms with Gasteiger partial charge >= 0.3 is 11.7 Å². The number of esters is 1.